The van der Waals surface area contributed by atoms with Crippen LogP contribution in [0.4, 0.5) is 0 Å². The van der Waals surface area contributed by atoms with Gasteiger partial charge in [-0.15, -0.1) is 0 Å². The van der Waals surface area contributed by atoms with Gasteiger partial charge in [-0.1, -0.05) is 102 Å². The molecule has 0 bridgehead atoms. The summed E-state index contributed by atoms with van der Waals surface area (Å²) in [5.74, 6) is 0. The van der Waals surface area contributed by atoms with Crippen molar-refractivity contribution in [2.75, 3.05) is 0 Å². The summed E-state index contributed by atoms with van der Waals surface area (Å²) in [5, 5.41) is 5.02. The minimum atomic E-state index is -0.413. The van der Waals surface area contributed by atoms with Gasteiger partial charge >= 0.3 is 0 Å². The van der Waals surface area contributed by atoms with Gasteiger partial charge in [0, 0.05) is 5.02 Å². The summed E-state index contributed by atoms with van der Waals surface area (Å²) >= 11 is 6.46. The Bertz CT molecular complexity index is 1870. The number of fused-ring (bicyclic) bond motifs is 2. The van der Waals surface area contributed by atoms with Crippen molar-refractivity contribution in [3.05, 3.63) is 132 Å². The number of hydrogen-bond donors (Lipinski definition) is 0. The molecule has 0 aliphatic heterocycles. The molecule has 0 aliphatic rings. The van der Waals surface area contributed by atoms with E-state index in [1.54, 1.807) is 6.07 Å². The molecule has 0 amide bonds. The minimum Gasteiger partial charge on any atom is -0.0843 e. The third-order valence-corrected chi connectivity index (χ3v) is 6.16. The fourth-order valence-corrected chi connectivity index (χ4v) is 4.50. The van der Waals surface area contributed by atoms with Gasteiger partial charge in [0.05, 0.1) is 6.85 Å². The maximum absolute atomic E-state index is 8.35. The second-order valence-corrected chi connectivity index (χ2v) is 8.50. The molecular weight excluding hydrogens is 420 g/mol. The number of rotatable bonds is 3. The van der Waals surface area contributed by atoms with Crippen LogP contribution in [0.5, 0.6) is 0 Å². The van der Waals surface area contributed by atoms with Crippen LogP contribution in [-0.4, -0.2) is 0 Å². The molecule has 6 rings (SSSR count). The molecule has 0 atom stereocenters. The molecule has 0 heterocycles. The maximum atomic E-state index is 8.35. The average Bonchev–Trinajstić information content (AvgIpc) is 2.94. The Morgan fingerprint density at radius 3 is 1.55 bits per heavy atom. The Labute approximate surface area is 205 Å². The third-order valence-electron chi connectivity index (χ3n) is 5.94. The average molecular weight is 446 g/mol. The Morgan fingerprint density at radius 1 is 0.424 bits per heavy atom. The fraction of sp³-hybridized carbons (Fsp3) is 0. The first-order valence-electron chi connectivity index (χ1n) is 13.2. The van der Waals surface area contributed by atoms with Gasteiger partial charge < -0.3 is 0 Å². The van der Waals surface area contributed by atoms with E-state index < -0.39 is 6.04 Å². The Morgan fingerprint density at radius 2 is 0.909 bits per heavy atom. The molecular formula is C32H21Cl. The van der Waals surface area contributed by atoms with Gasteiger partial charge in [0.25, 0.3) is 0 Å². The van der Waals surface area contributed by atoms with Gasteiger partial charge in [-0.25, -0.2) is 0 Å². The summed E-state index contributed by atoms with van der Waals surface area (Å²) < 4.78 is 40.6. The van der Waals surface area contributed by atoms with Crippen LogP contribution in [0, 0.1) is 0 Å². The molecule has 0 aromatic heterocycles. The zero-order chi connectivity index (χ0) is 26.6. The Balaban J connectivity index is 1.42. The molecule has 0 nitrogen and oxygen atoms in total. The number of halogens is 1. The highest BCUT2D eigenvalue weighted by atomic mass is 35.5. The molecule has 6 aromatic carbocycles. The zero-order valence-corrected chi connectivity index (χ0v) is 18.4. The van der Waals surface area contributed by atoms with Gasteiger partial charge in [0.15, 0.2) is 0 Å². The van der Waals surface area contributed by atoms with Gasteiger partial charge in [-0.2, -0.15) is 0 Å². The zero-order valence-electron chi connectivity index (χ0n) is 22.6. The lowest BCUT2D eigenvalue weighted by atomic mass is 9.95. The lowest BCUT2D eigenvalue weighted by molar-refractivity contribution is 1.60. The highest BCUT2D eigenvalue weighted by Gasteiger charge is 2.07. The Kier molecular flexibility index (Phi) is 3.76. The van der Waals surface area contributed by atoms with Gasteiger partial charge in [-0.3, -0.25) is 0 Å². The van der Waals surface area contributed by atoms with Crippen molar-refractivity contribution in [1.82, 2.24) is 0 Å². The van der Waals surface area contributed by atoms with Crippen molar-refractivity contribution in [2.24, 2.45) is 0 Å². The van der Waals surface area contributed by atoms with Crippen molar-refractivity contribution in [3.63, 3.8) is 0 Å². The van der Waals surface area contributed by atoms with E-state index in [0.29, 0.717) is 10.6 Å². The molecule has 0 spiro atoms. The summed E-state index contributed by atoms with van der Waals surface area (Å²) in [6.45, 7) is 0. The van der Waals surface area contributed by atoms with Gasteiger partial charge in [0.2, 0.25) is 0 Å². The molecule has 0 saturated carbocycles. The molecule has 0 saturated heterocycles. The number of benzene rings is 6. The summed E-state index contributed by atoms with van der Waals surface area (Å²) in [6, 6.07) is 31.0. The van der Waals surface area contributed by atoms with E-state index in [4.69, 9.17) is 18.5 Å². The van der Waals surface area contributed by atoms with Crippen LogP contribution in [0.1, 0.15) is 6.85 Å². The second kappa shape index (κ2) is 8.24. The predicted molar refractivity (Wildman–Crippen MR) is 143 cm³/mol. The summed E-state index contributed by atoms with van der Waals surface area (Å²) in [5.41, 5.74) is 4.65. The lowest BCUT2D eigenvalue weighted by Crippen LogP contribution is -1.84. The molecule has 1 heteroatoms. The molecule has 0 aliphatic carbocycles. The van der Waals surface area contributed by atoms with Crippen LogP contribution in [0.15, 0.2) is 127 Å². The van der Waals surface area contributed by atoms with Crippen LogP contribution in [-0.2, 0) is 0 Å². The normalized spacial score (nSPS) is 13.3. The van der Waals surface area contributed by atoms with Gasteiger partial charge in [-0.05, 0) is 91.3 Å². The van der Waals surface area contributed by atoms with Crippen molar-refractivity contribution < 1.29 is 6.85 Å². The van der Waals surface area contributed by atoms with Gasteiger partial charge in [0.1, 0.15) is 0 Å². The molecule has 156 valence electrons. The highest BCUT2D eigenvalue weighted by Crippen LogP contribution is 2.33. The van der Waals surface area contributed by atoms with Crippen LogP contribution >= 0.6 is 11.6 Å². The van der Waals surface area contributed by atoms with Crippen molar-refractivity contribution in [1.29, 1.82) is 0 Å². The Hall–Kier alpha value is -3.87. The fourth-order valence-electron chi connectivity index (χ4n) is 4.27. The van der Waals surface area contributed by atoms with E-state index in [1.807, 2.05) is 30.3 Å². The van der Waals surface area contributed by atoms with E-state index in [1.165, 1.54) is 10.8 Å². The first-order chi connectivity index (χ1) is 18.3. The molecule has 33 heavy (non-hydrogen) atoms. The molecule has 0 radical (unpaired) electrons. The van der Waals surface area contributed by atoms with Crippen LogP contribution in [0.3, 0.4) is 0 Å². The monoisotopic (exact) mass is 445 g/mol. The van der Waals surface area contributed by atoms with E-state index >= 15 is 0 Å². The summed E-state index contributed by atoms with van der Waals surface area (Å²) in [7, 11) is 0. The van der Waals surface area contributed by atoms with E-state index in [2.05, 4.69) is 60.7 Å². The van der Waals surface area contributed by atoms with Crippen molar-refractivity contribution in [2.45, 2.75) is 0 Å². The minimum absolute atomic E-state index is 0.139. The topological polar surface area (TPSA) is 0 Å². The third kappa shape index (κ3) is 3.91. The first kappa shape index (κ1) is 15.1. The lowest BCUT2D eigenvalue weighted by Gasteiger charge is -2.10. The van der Waals surface area contributed by atoms with Crippen molar-refractivity contribution in [3.8, 4) is 33.4 Å². The van der Waals surface area contributed by atoms with Crippen LogP contribution < -0.4 is 0 Å². The first-order valence-corrected chi connectivity index (χ1v) is 11.1. The second-order valence-electron chi connectivity index (χ2n) is 8.07. The SMILES string of the molecule is [2H]c1c([2H])c([2H])c(-c2cc(Cl)cc(-c3ccc4cc(-c5ccc6ccccc6c5)ccc4c3)c2)c([2H])c1[2H]. The number of hydrogen-bond acceptors (Lipinski definition) is 0. The van der Waals surface area contributed by atoms with Crippen LogP contribution in [0.2, 0.25) is 5.02 Å². The van der Waals surface area contributed by atoms with Crippen molar-refractivity contribution >= 4 is 33.1 Å². The van der Waals surface area contributed by atoms with E-state index in [9.17, 15) is 0 Å². The quantitative estimate of drug-likeness (QED) is 0.254. The molecule has 0 fully saturated rings. The molecule has 0 unspecified atom stereocenters. The smallest absolute Gasteiger partial charge is 0.0629 e. The standard InChI is InChI=1S/C32H21Cl/c33-32-20-30(22-6-2-1-3-7-22)19-31(21-32)29-15-14-27-17-26(12-13-28(27)18-29)25-11-10-23-8-4-5-9-24(23)16-25/h1-21H/i1D,2D,3D,6D,7D. The predicted octanol–water partition coefficient (Wildman–Crippen LogP) is 9.65. The summed E-state index contributed by atoms with van der Waals surface area (Å²) in [4.78, 5) is 0. The maximum Gasteiger partial charge on any atom is 0.0629 e. The van der Waals surface area contributed by atoms with E-state index in [0.717, 1.165) is 33.0 Å². The summed E-state index contributed by atoms with van der Waals surface area (Å²) in [6.07, 6.45) is 0. The highest BCUT2D eigenvalue weighted by molar-refractivity contribution is 6.31. The molecule has 6 aromatic rings. The largest absolute Gasteiger partial charge is 0.0843 e. The van der Waals surface area contributed by atoms with E-state index in [-0.39, 0.29) is 29.7 Å². The van der Waals surface area contributed by atoms with Crippen LogP contribution in [0.25, 0.3) is 54.9 Å². The molecule has 0 N–H and O–H groups in total.